The fraction of sp³-hybridized carbons (Fsp3) is 0.455. The fourth-order valence-electron chi connectivity index (χ4n) is 5.14. The van der Waals surface area contributed by atoms with Crippen LogP contribution in [0.5, 0.6) is 0 Å². The maximum absolute atomic E-state index is 15.1. The Kier molecular flexibility index (Phi) is 5.83. The third-order valence-corrected chi connectivity index (χ3v) is 6.77. The van der Waals surface area contributed by atoms with Crippen molar-refractivity contribution in [3.8, 4) is 11.4 Å². The molecule has 2 aliphatic rings. The lowest BCUT2D eigenvalue weighted by Crippen LogP contribution is -2.49. The number of aromatic amines is 1. The van der Waals surface area contributed by atoms with Gasteiger partial charge in [-0.1, -0.05) is 24.4 Å². The second-order valence-electron chi connectivity index (χ2n) is 8.72. The topological polar surface area (TPSA) is 86.8 Å². The zero-order valence-electron chi connectivity index (χ0n) is 17.9. The van der Waals surface area contributed by atoms with E-state index in [9.17, 15) is 18.0 Å². The minimum absolute atomic E-state index is 0.0734. The zero-order valence-corrected chi connectivity index (χ0v) is 18.6. The molecule has 0 bridgehead atoms. The molecule has 0 spiro atoms. The van der Waals surface area contributed by atoms with E-state index in [1.165, 1.54) is 6.20 Å². The third kappa shape index (κ3) is 4.28. The third-order valence-electron chi connectivity index (χ3n) is 6.56. The summed E-state index contributed by atoms with van der Waals surface area (Å²) in [6.45, 7) is -1.44. The van der Waals surface area contributed by atoms with Gasteiger partial charge in [0.25, 0.3) is 0 Å². The Hall–Kier alpha value is -2.95. The Morgan fingerprint density at radius 3 is 2.82 bits per heavy atom. The van der Waals surface area contributed by atoms with Gasteiger partial charge in [0.2, 0.25) is 5.91 Å². The van der Waals surface area contributed by atoms with Crippen molar-refractivity contribution < 1.29 is 22.4 Å². The lowest BCUT2D eigenvalue weighted by atomic mass is 9.84. The maximum Gasteiger partial charge on any atom is 0.405 e. The normalized spacial score (nSPS) is 22.7. The van der Waals surface area contributed by atoms with Gasteiger partial charge in [0.1, 0.15) is 18.2 Å². The molecule has 1 saturated heterocycles. The highest BCUT2D eigenvalue weighted by molar-refractivity contribution is 6.31. The number of hydrogen-bond donors (Lipinski definition) is 2. The van der Waals surface area contributed by atoms with Crippen molar-refractivity contribution in [3.05, 3.63) is 35.5 Å². The molecule has 3 atom stereocenters. The monoisotopic (exact) mass is 496 g/mol. The number of nitrogens with zero attached hydrogens (tertiary/aromatic N) is 4. The summed E-state index contributed by atoms with van der Waals surface area (Å²) in [7, 11) is 0. The van der Waals surface area contributed by atoms with Crippen LogP contribution in [-0.4, -0.2) is 50.6 Å². The number of carbonyl (C=O) groups is 1. The number of nitrogens with one attached hydrogen (secondary N) is 2. The molecule has 0 radical (unpaired) electrons. The van der Waals surface area contributed by atoms with Crippen LogP contribution in [0.4, 0.5) is 23.4 Å². The average Bonchev–Trinajstić information content (AvgIpc) is 3.39. The quantitative estimate of drug-likeness (QED) is 0.514. The molecule has 7 nitrogen and oxygen atoms in total. The van der Waals surface area contributed by atoms with Crippen LogP contribution in [0.2, 0.25) is 5.02 Å². The molecule has 1 aliphatic heterocycles. The molecule has 2 fully saturated rings. The molecule has 3 aromatic rings. The average molecular weight is 497 g/mol. The molecular formula is C22H21ClF4N6O. The molecule has 12 heteroatoms. The summed E-state index contributed by atoms with van der Waals surface area (Å²) in [6.07, 6.45) is 3.34. The number of amides is 1. The van der Waals surface area contributed by atoms with Crippen LogP contribution in [0.25, 0.3) is 22.4 Å². The molecular weight excluding hydrogens is 476 g/mol. The molecule has 2 N–H and O–H groups in total. The van der Waals surface area contributed by atoms with E-state index in [4.69, 9.17) is 11.6 Å². The van der Waals surface area contributed by atoms with E-state index in [2.05, 4.69) is 19.9 Å². The minimum Gasteiger partial charge on any atom is -0.345 e. The van der Waals surface area contributed by atoms with Gasteiger partial charge in [-0.25, -0.2) is 19.3 Å². The Labute approximate surface area is 196 Å². The highest BCUT2D eigenvalue weighted by atomic mass is 35.5. The Bertz CT molecular complexity index is 1230. The standard InChI is InChI=1S/C22H21ClF4N6O/c23-12-6-13-14(8-29-18(13)28-7-12)19-30-9-15(24)20(32-19)33-16-4-2-1-3-11(16)5-17(33)21(34)31-10-22(25,26)27/h6-9,11,16-17H,1-5,10H2,(H,28,29)(H,31,34)/t11-,16-,17-/m0/s1. The smallest absolute Gasteiger partial charge is 0.345 e. The van der Waals surface area contributed by atoms with Gasteiger partial charge in [-0.15, -0.1) is 0 Å². The van der Waals surface area contributed by atoms with Gasteiger partial charge >= 0.3 is 6.18 Å². The van der Waals surface area contributed by atoms with Crippen LogP contribution < -0.4 is 10.2 Å². The summed E-state index contributed by atoms with van der Waals surface area (Å²) in [5, 5.41) is 3.01. The first-order chi connectivity index (χ1) is 16.2. The second-order valence-corrected chi connectivity index (χ2v) is 9.16. The van der Waals surface area contributed by atoms with E-state index in [0.717, 1.165) is 25.5 Å². The van der Waals surface area contributed by atoms with Crippen molar-refractivity contribution in [3.63, 3.8) is 0 Å². The van der Waals surface area contributed by atoms with E-state index >= 15 is 4.39 Å². The SMILES string of the molecule is O=C(NCC(F)(F)F)[C@@H]1C[C@@H]2CCCC[C@@H]2N1c1nc(-c2c[nH]c3ncc(Cl)cc23)ncc1F. The van der Waals surface area contributed by atoms with Crippen molar-refractivity contribution in [1.29, 1.82) is 0 Å². The molecule has 34 heavy (non-hydrogen) atoms. The Balaban J connectivity index is 1.54. The summed E-state index contributed by atoms with van der Waals surface area (Å²) in [5.74, 6) is -1.34. The molecule has 1 amide bonds. The van der Waals surface area contributed by atoms with E-state index in [1.807, 2.05) is 5.32 Å². The van der Waals surface area contributed by atoms with Gasteiger partial charge in [-0.3, -0.25) is 4.79 Å². The number of aromatic nitrogens is 4. The van der Waals surface area contributed by atoms with Gasteiger partial charge in [0.05, 0.1) is 11.2 Å². The van der Waals surface area contributed by atoms with E-state index < -0.39 is 30.5 Å². The van der Waals surface area contributed by atoms with Crippen molar-refractivity contribution in [1.82, 2.24) is 25.3 Å². The first-order valence-corrected chi connectivity index (χ1v) is 11.4. The number of fused-ring (bicyclic) bond motifs is 2. The first kappa shape index (κ1) is 22.8. The lowest BCUT2D eigenvalue weighted by Gasteiger charge is -2.34. The molecule has 3 aromatic heterocycles. The number of anilines is 1. The molecule has 0 unspecified atom stereocenters. The van der Waals surface area contributed by atoms with Gasteiger partial charge in [0, 0.05) is 29.4 Å². The molecule has 1 saturated carbocycles. The van der Waals surface area contributed by atoms with Gasteiger partial charge in [0.15, 0.2) is 17.5 Å². The molecule has 0 aromatic carbocycles. The number of carbonyl (C=O) groups excluding carboxylic acids is 1. The summed E-state index contributed by atoms with van der Waals surface area (Å²) in [6, 6.07) is 0.543. The first-order valence-electron chi connectivity index (χ1n) is 11.0. The van der Waals surface area contributed by atoms with Crippen LogP contribution in [0.15, 0.2) is 24.7 Å². The maximum atomic E-state index is 15.1. The number of rotatable bonds is 4. The highest BCUT2D eigenvalue weighted by Crippen LogP contribution is 2.43. The van der Waals surface area contributed by atoms with Crippen molar-refractivity contribution in [2.45, 2.75) is 50.4 Å². The molecule has 1 aliphatic carbocycles. The fourth-order valence-corrected chi connectivity index (χ4v) is 5.29. The van der Waals surface area contributed by atoms with Gasteiger partial charge in [-0.05, 0) is 31.2 Å². The zero-order chi connectivity index (χ0) is 24.0. The van der Waals surface area contributed by atoms with Crippen LogP contribution in [0, 0.1) is 11.7 Å². The van der Waals surface area contributed by atoms with Gasteiger partial charge < -0.3 is 15.2 Å². The number of halogens is 5. The summed E-state index contributed by atoms with van der Waals surface area (Å²) >= 11 is 6.08. The predicted octanol–water partition coefficient (Wildman–Crippen LogP) is 4.63. The second kappa shape index (κ2) is 8.68. The Morgan fingerprint density at radius 2 is 2.03 bits per heavy atom. The van der Waals surface area contributed by atoms with Crippen LogP contribution >= 0.6 is 11.6 Å². The minimum atomic E-state index is -4.54. The van der Waals surface area contributed by atoms with Crippen LogP contribution in [0.3, 0.4) is 0 Å². The predicted molar refractivity (Wildman–Crippen MR) is 118 cm³/mol. The molecule has 5 rings (SSSR count). The van der Waals surface area contributed by atoms with Crippen molar-refractivity contribution in [2.24, 2.45) is 5.92 Å². The van der Waals surface area contributed by atoms with Crippen LogP contribution in [0.1, 0.15) is 32.1 Å². The molecule has 4 heterocycles. The van der Waals surface area contributed by atoms with Crippen molar-refractivity contribution >= 4 is 34.4 Å². The Morgan fingerprint density at radius 1 is 1.24 bits per heavy atom. The highest BCUT2D eigenvalue weighted by Gasteiger charge is 2.47. The number of H-pyrrole nitrogens is 1. The number of alkyl halides is 3. The van der Waals surface area contributed by atoms with Crippen LogP contribution in [-0.2, 0) is 4.79 Å². The summed E-state index contributed by atoms with van der Waals surface area (Å²) in [5.41, 5.74) is 1.09. The lowest BCUT2D eigenvalue weighted by molar-refractivity contribution is -0.139. The summed E-state index contributed by atoms with van der Waals surface area (Å²) in [4.78, 5) is 30.1. The summed E-state index contributed by atoms with van der Waals surface area (Å²) < 4.78 is 53.3. The molecule has 180 valence electrons. The van der Waals surface area contributed by atoms with E-state index in [1.54, 1.807) is 17.2 Å². The van der Waals surface area contributed by atoms with Gasteiger partial charge in [-0.2, -0.15) is 13.2 Å². The largest absolute Gasteiger partial charge is 0.405 e. The number of hydrogen-bond acceptors (Lipinski definition) is 5. The van der Waals surface area contributed by atoms with E-state index in [-0.39, 0.29) is 23.6 Å². The van der Waals surface area contributed by atoms with E-state index in [0.29, 0.717) is 34.5 Å². The number of pyridine rings is 1. The van der Waals surface area contributed by atoms with Crippen molar-refractivity contribution in [2.75, 3.05) is 11.4 Å².